The third-order valence-electron chi connectivity index (χ3n) is 5.06. The van der Waals surface area contributed by atoms with Crippen LogP contribution in [0.1, 0.15) is 110 Å². The Balaban J connectivity index is 1.73. The minimum atomic E-state index is 0.842. The van der Waals surface area contributed by atoms with Gasteiger partial charge in [-0.15, -0.1) is 0 Å². The van der Waals surface area contributed by atoms with E-state index < -0.39 is 0 Å². The number of unbranched alkanes of at least 4 members (excludes halogenated alkanes) is 15. The summed E-state index contributed by atoms with van der Waals surface area (Å²) in [4.78, 5) is 0. The maximum Gasteiger partial charge on any atom is 0.120 e. The van der Waals surface area contributed by atoms with E-state index >= 15 is 0 Å². The lowest BCUT2D eigenvalue weighted by Crippen LogP contribution is -1.97. The van der Waals surface area contributed by atoms with Gasteiger partial charge in [-0.1, -0.05) is 125 Å². The molecule has 0 amide bonds. The molecule has 0 fully saturated rings. The molecule has 0 unspecified atom stereocenters. The Bertz CT molecular complexity index is 418. The first-order chi connectivity index (χ1) is 12.8. The highest BCUT2D eigenvalue weighted by atomic mass is 79.9. The molecule has 0 atom stereocenters. The molecular weight excluding hydrogens is 384 g/mol. The first kappa shape index (κ1) is 23.5. The molecule has 26 heavy (non-hydrogen) atoms. The van der Waals surface area contributed by atoms with E-state index in [1.165, 1.54) is 103 Å². The molecule has 0 bridgehead atoms. The number of ether oxygens (including phenoxy) is 1. The molecule has 150 valence electrons. The largest absolute Gasteiger partial charge is 0.494 e. The van der Waals surface area contributed by atoms with Gasteiger partial charge in [-0.05, 0) is 24.6 Å². The van der Waals surface area contributed by atoms with Gasteiger partial charge in [-0.2, -0.15) is 0 Å². The van der Waals surface area contributed by atoms with Crippen LogP contribution in [0.25, 0.3) is 0 Å². The lowest BCUT2D eigenvalue weighted by molar-refractivity contribution is 0.304. The quantitative estimate of drug-likeness (QED) is 0.213. The summed E-state index contributed by atoms with van der Waals surface area (Å²) in [6.45, 7) is 3.13. The molecule has 0 aliphatic carbocycles. The molecule has 1 rings (SSSR count). The molecule has 1 aromatic carbocycles. The minimum Gasteiger partial charge on any atom is -0.494 e. The average Bonchev–Trinajstić information content (AvgIpc) is 2.64. The van der Waals surface area contributed by atoms with E-state index in [2.05, 4.69) is 22.9 Å². The lowest BCUT2D eigenvalue weighted by atomic mass is 10.0. The minimum absolute atomic E-state index is 0.842. The normalized spacial score (nSPS) is 11.0. The standard InChI is InChI=1S/C24H41BrO/c1-2-3-4-5-6-7-8-9-10-11-12-13-14-15-16-17-21-26-24-20-18-19-23(25)22-24/h18-20,22H,2-17,21H2,1H3. The molecule has 0 saturated heterocycles. The van der Waals surface area contributed by atoms with Crippen molar-refractivity contribution in [2.24, 2.45) is 0 Å². The molecule has 0 saturated carbocycles. The van der Waals surface area contributed by atoms with Gasteiger partial charge in [0.25, 0.3) is 0 Å². The van der Waals surface area contributed by atoms with E-state index in [-0.39, 0.29) is 0 Å². The van der Waals surface area contributed by atoms with Crippen LogP contribution in [0.3, 0.4) is 0 Å². The van der Waals surface area contributed by atoms with Gasteiger partial charge < -0.3 is 4.74 Å². The summed E-state index contributed by atoms with van der Waals surface area (Å²) in [6, 6.07) is 8.11. The number of rotatable bonds is 18. The molecule has 0 N–H and O–H groups in total. The molecular formula is C24H41BrO. The summed E-state index contributed by atoms with van der Waals surface area (Å²) >= 11 is 3.47. The van der Waals surface area contributed by atoms with Crippen LogP contribution < -0.4 is 4.74 Å². The zero-order chi connectivity index (χ0) is 18.7. The van der Waals surface area contributed by atoms with E-state index in [0.29, 0.717) is 0 Å². The van der Waals surface area contributed by atoms with E-state index in [4.69, 9.17) is 4.74 Å². The Morgan fingerprint density at radius 2 is 1.12 bits per heavy atom. The maximum absolute atomic E-state index is 5.78. The zero-order valence-electron chi connectivity index (χ0n) is 17.1. The maximum atomic E-state index is 5.78. The van der Waals surface area contributed by atoms with E-state index in [1.54, 1.807) is 0 Å². The predicted octanol–water partition coefficient (Wildman–Crippen LogP) is 9.09. The summed E-state index contributed by atoms with van der Waals surface area (Å²) in [5.74, 6) is 0.973. The number of halogens is 1. The molecule has 0 aliphatic rings. The number of hydrogen-bond donors (Lipinski definition) is 0. The van der Waals surface area contributed by atoms with Crippen molar-refractivity contribution in [2.45, 2.75) is 110 Å². The first-order valence-corrected chi connectivity index (χ1v) is 12.0. The second-order valence-corrected chi connectivity index (χ2v) is 8.52. The molecule has 0 aliphatic heterocycles. The van der Waals surface area contributed by atoms with Crippen molar-refractivity contribution in [3.8, 4) is 5.75 Å². The third kappa shape index (κ3) is 14.6. The fourth-order valence-corrected chi connectivity index (χ4v) is 3.78. The fourth-order valence-electron chi connectivity index (χ4n) is 3.40. The highest BCUT2D eigenvalue weighted by molar-refractivity contribution is 9.10. The van der Waals surface area contributed by atoms with Crippen molar-refractivity contribution in [3.05, 3.63) is 28.7 Å². The lowest BCUT2D eigenvalue weighted by Gasteiger charge is -2.06. The van der Waals surface area contributed by atoms with Crippen molar-refractivity contribution >= 4 is 15.9 Å². The monoisotopic (exact) mass is 424 g/mol. The van der Waals surface area contributed by atoms with Crippen molar-refractivity contribution in [3.63, 3.8) is 0 Å². The summed E-state index contributed by atoms with van der Waals surface area (Å²) in [7, 11) is 0. The fraction of sp³-hybridized carbons (Fsp3) is 0.750. The van der Waals surface area contributed by atoms with Crippen LogP contribution >= 0.6 is 15.9 Å². The van der Waals surface area contributed by atoms with E-state index in [1.807, 2.05) is 24.3 Å². The van der Waals surface area contributed by atoms with E-state index in [0.717, 1.165) is 16.8 Å². The van der Waals surface area contributed by atoms with Crippen LogP contribution in [0.5, 0.6) is 5.75 Å². The van der Waals surface area contributed by atoms with Gasteiger partial charge in [0.1, 0.15) is 5.75 Å². The highest BCUT2D eigenvalue weighted by Crippen LogP contribution is 2.18. The van der Waals surface area contributed by atoms with Crippen LogP contribution in [-0.4, -0.2) is 6.61 Å². The Kier molecular flexibility index (Phi) is 16.2. The SMILES string of the molecule is CCCCCCCCCCCCCCCCCCOc1cccc(Br)c1. The smallest absolute Gasteiger partial charge is 0.120 e. The predicted molar refractivity (Wildman–Crippen MR) is 119 cm³/mol. The molecule has 2 heteroatoms. The summed E-state index contributed by atoms with van der Waals surface area (Å²) in [5, 5.41) is 0. The summed E-state index contributed by atoms with van der Waals surface area (Å²) < 4.78 is 6.86. The van der Waals surface area contributed by atoms with Crippen LogP contribution in [0.4, 0.5) is 0 Å². The summed E-state index contributed by atoms with van der Waals surface area (Å²) in [6.07, 6.45) is 22.5. The van der Waals surface area contributed by atoms with Gasteiger partial charge in [0, 0.05) is 4.47 Å². The molecule has 0 heterocycles. The van der Waals surface area contributed by atoms with E-state index in [9.17, 15) is 0 Å². The Morgan fingerprint density at radius 1 is 0.654 bits per heavy atom. The summed E-state index contributed by atoms with van der Waals surface area (Å²) in [5.41, 5.74) is 0. The Labute approximate surface area is 171 Å². The second kappa shape index (κ2) is 17.9. The number of hydrogen-bond acceptors (Lipinski definition) is 1. The topological polar surface area (TPSA) is 9.23 Å². The van der Waals surface area contributed by atoms with Crippen molar-refractivity contribution in [1.29, 1.82) is 0 Å². The van der Waals surface area contributed by atoms with Gasteiger partial charge in [0.15, 0.2) is 0 Å². The van der Waals surface area contributed by atoms with Crippen LogP contribution in [0.2, 0.25) is 0 Å². The van der Waals surface area contributed by atoms with Gasteiger partial charge >= 0.3 is 0 Å². The Hall–Kier alpha value is -0.500. The van der Waals surface area contributed by atoms with Crippen LogP contribution in [0, 0.1) is 0 Å². The average molecular weight is 425 g/mol. The molecule has 0 radical (unpaired) electrons. The Morgan fingerprint density at radius 3 is 1.58 bits per heavy atom. The van der Waals surface area contributed by atoms with Gasteiger partial charge in [0.2, 0.25) is 0 Å². The van der Waals surface area contributed by atoms with Crippen molar-refractivity contribution in [1.82, 2.24) is 0 Å². The van der Waals surface area contributed by atoms with Crippen LogP contribution in [0.15, 0.2) is 28.7 Å². The zero-order valence-corrected chi connectivity index (χ0v) is 18.7. The number of benzene rings is 1. The molecule has 1 nitrogen and oxygen atoms in total. The van der Waals surface area contributed by atoms with Gasteiger partial charge in [-0.25, -0.2) is 0 Å². The highest BCUT2D eigenvalue weighted by Gasteiger charge is 1.96. The van der Waals surface area contributed by atoms with Crippen molar-refractivity contribution in [2.75, 3.05) is 6.61 Å². The molecule has 0 aromatic heterocycles. The van der Waals surface area contributed by atoms with Crippen molar-refractivity contribution < 1.29 is 4.74 Å². The second-order valence-electron chi connectivity index (χ2n) is 7.61. The van der Waals surface area contributed by atoms with Gasteiger partial charge in [0.05, 0.1) is 6.61 Å². The third-order valence-corrected chi connectivity index (χ3v) is 5.56. The molecule has 1 aromatic rings. The first-order valence-electron chi connectivity index (χ1n) is 11.2. The van der Waals surface area contributed by atoms with Gasteiger partial charge in [-0.3, -0.25) is 0 Å². The molecule has 0 spiro atoms. The van der Waals surface area contributed by atoms with Crippen LogP contribution in [-0.2, 0) is 0 Å².